The van der Waals surface area contributed by atoms with Crippen molar-refractivity contribution in [2.75, 3.05) is 33.4 Å². The maximum absolute atomic E-state index is 11.6. The van der Waals surface area contributed by atoms with Gasteiger partial charge < -0.3 is 15.4 Å². The number of ether oxygens (including phenoxy) is 1. The minimum absolute atomic E-state index is 0.0906. The van der Waals surface area contributed by atoms with Crippen molar-refractivity contribution in [2.24, 2.45) is 5.41 Å². The van der Waals surface area contributed by atoms with Crippen LogP contribution in [0.25, 0.3) is 0 Å². The van der Waals surface area contributed by atoms with E-state index in [9.17, 15) is 4.79 Å². The molecule has 0 spiro atoms. The second kappa shape index (κ2) is 7.67. The summed E-state index contributed by atoms with van der Waals surface area (Å²) in [7, 11) is 1.66. The van der Waals surface area contributed by atoms with E-state index in [2.05, 4.69) is 17.6 Å². The summed E-state index contributed by atoms with van der Waals surface area (Å²) in [6.45, 7) is 4.86. The molecule has 0 bridgehead atoms. The number of amides is 1. The van der Waals surface area contributed by atoms with Crippen molar-refractivity contribution >= 4 is 5.91 Å². The van der Waals surface area contributed by atoms with E-state index < -0.39 is 0 Å². The van der Waals surface area contributed by atoms with E-state index in [0.717, 1.165) is 13.1 Å². The van der Waals surface area contributed by atoms with Crippen molar-refractivity contribution in [3.8, 4) is 0 Å². The molecule has 0 aromatic rings. The van der Waals surface area contributed by atoms with Gasteiger partial charge in [0.2, 0.25) is 5.91 Å². The molecular formula is C13H26N2O2. The fourth-order valence-corrected chi connectivity index (χ4v) is 2.33. The Hall–Kier alpha value is -0.610. The first-order chi connectivity index (χ1) is 8.16. The normalized spacial score (nSPS) is 18.9. The smallest absolute Gasteiger partial charge is 0.233 e. The Balaban J connectivity index is 2.10. The van der Waals surface area contributed by atoms with E-state index >= 15 is 0 Å². The highest BCUT2D eigenvalue weighted by Gasteiger charge is 2.26. The first-order valence-electron chi connectivity index (χ1n) is 6.63. The third kappa shape index (κ3) is 6.03. The van der Waals surface area contributed by atoms with E-state index in [1.807, 2.05) is 0 Å². The highest BCUT2D eigenvalue weighted by atomic mass is 16.5. The van der Waals surface area contributed by atoms with E-state index in [4.69, 9.17) is 4.74 Å². The second-order valence-corrected chi connectivity index (χ2v) is 5.32. The van der Waals surface area contributed by atoms with Crippen molar-refractivity contribution in [2.45, 2.75) is 39.0 Å². The van der Waals surface area contributed by atoms with Crippen LogP contribution >= 0.6 is 0 Å². The highest BCUT2D eigenvalue weighted by molar-refractivity contribution is 5.78. The average Bonchev–Trinajstić information content (AvgIpc) is 2.33. The standard InChI is InChI=1S/C13H26N2O2/c1-13(6-4-3-5-7-13)11-15-12(16)10-14-8-9-17-2/h14H,3-11H2,1-2H3,(H,15,16). The van der Waals surface area contributed by atoms with Gasteiger partial charge in [0.15, 0.2) is 0 Å². The molecule has 0 aromatic carbocycles. The Morgan fingerprint density at radius 2 is 2.00 bits per heavy atom. The minimum Gasteiger partial charge on any atom is -0.383 e. The zero-order valence-electron chi connectivity index (χ0n) is 11.2. The number of hydrogen-bond acceptors (Lipinski definition) is 3. The molecule has 0 aliphatic heterocycles. The lowest BCUT2D eigenvalue weighted by atomic mass is 9.76. The number of hydrogen-bond donors (Lipinski definition) is 2. The maximum Gasteiger partial charge on any atom is 0.233 e. The largest absolute Gasteiger partial charge is 0.383 e. The molecule has 17 heavy (non-hydrogen) atoms. The van der Waals surface area contributed by atoms with Crippen LogP contribution in [0.2, 0.25) is 0 Å². The first kappa shape index (κ1) is 14.5. The van der Waals surface area contributed by atoms with Crippen LogP contribution < -0.4 is 10.6 Å². The van der Waals surface area contributed by atoms with E-state index in [1.54, 1.807) is 7.11 Å². The van der Waals surface area contributed by atoms with Crippen molar-refractivity contribution in [3.63, 3.8) is 0 Å². The van der Waals surface area contributed by atoms with Crippen LogP contribution in [0.3, 0.4) is 0 Å². The van der Waals surface area contributed by atoms with Gasteiger partial charge in [0.25, 0.3) is 0 Å². The third-order valence-electron chi connectivity index (χ3n) is 3.54. The molecule has 4 heteroatoms. The SMILES string of the molecule is COCCNCC(=O)NCC1(C)CCCCC1. The van der Waals surface area contributed by atoms with Gasteiger partial charge in [0.05, 0.1) is 13.2 Å². The number of nitrogens with one attached hydrogen (secondary N) is 2. The summed E-state index contributed by atoms with van der Waals surface area (Å²) in [5, 5.41) is 6.08. The lowest BCUT2D eigenvalue weighted by Crippen LogP contribution is -2.41. The molecule has 4 nitrogen and oxygen atoms in total. The number of carbonyl (C=O) groups is 1. The molecule has 100 valence electrons. The highest BCUT2D eigenvalue weighted by Crippen LogP contribution is 2.34. The molecule has 0 atom stereocenters. The monoisotopic (exact) mass is 242 g/mol. The van der Waals surface area contributed by atoms with E-state index in [-0.39, 0.29) is 5.91 Å². The van der Waals surface area contributed by atoms with Crippen LogP contribution in [0.4, 0.5) is 0 Å². The van der Waals surface area contributed by atoms with Crippen molar-refractivity contribution in [3.05, 3.63) is 0 Å². The molecular weight excluding hydrogens is 216 g/mol. The lowest BCUT2D eigenvalue weighted by Gasteiger charge is -2.33. The zero-order chi connectivity index (χ0) is 12.6. The molecule has 2 N–H and O–H groups in total. The predicted molar refractivity (Wildman–Crippen MR) is 68.9 cm³/mol. The summed E-state index contributed by atoms with van der Waals surface area (Å²) in [6, 6.07) is 0. The van der Waals surface area contributed by atoms with Gasteiger partial charge in [0.1, 0.15) is 0 Å². The van der Waals surface area contributed by atoms with Crippen LogP contribution in [-0.2, 0) is 9.53 Å². The molecule has 0 aromatic heterocycles. The molecule has 0 saturated heterocycles. The number of methoxy groups -OCH3 is 1. The number of carbonyl (C=O) groups excluding carboxylic acids is 1. The van der Waals surface area contributed by atoms with E-state index in [0.29, 0.717) is 18.6 Å². The minimum atomic E-state index is 0.0906. The summed E-state index contributed by atoms with van der Waals surface area (Å²) in [4.78, 5) is 11.6. The third-order valence-corrected chi connectivity index (χ3v) is 3.54. The van der Waals surface area contributed by atoms with Gasteiger partial charge in [-0.1, -0.05) is 26.2 Å². The fraction of sp³-hybridized carbons (Fsp3) is 0.923. The van der Waals surface area contributed by atoms with Gasteiger partial charge in [-0.05, 0) is 18.3 Å². The van der Waals surface area contributed by atoms with Crippen molar-refractivity contribution in [1.82, 2.24) is 10.6 Å². The average molecular weight is 242 g/mol. The summed E-state index contributed by atoms with van der Waals surface area (Å²) in [5.41, 5.74) is 0.320. The molecule has 0 heterocycles. The predicted octanol–water partition coefficient (Wildman–Crippen LogP) is 1.31. The van der Waals surface area contributed by atoms with Gasteiger partial charge in [-0.25, -0.2) is 0 Å². The molecule has 1 aliphatic rings. The Morgan fingerprint density at radius 3 is 2.65 bits per heavy atom. The summed E-state index contributed by atoms with van der Waals surface area (Å²) in [6.07, 6.45) is 6.44. The Bertz CT molecular complexity index is 225. The molecule has 1 fully saturated rings. The Labute approximate surface area is 104 Å². The van der Waals surface area contributed by atoms with Gasteiger partial charge in [-0.3, -0.25) is 4.79 Å². The molecule has 0 unspecified atom stereocenters. The van der Waals surface area contributed by atoms with Gasteiger partial charge >= 0.3 is 0 Å². The summed E-state index contributed by atoms with van der Waals surface area (Å²) in [5.74, 6) is 0.0906. The molecule has 1 aliphatic carbocycles. The van der Waals surface area contributed by atoms with Crippen LogP contribution in [-0.4, -0.2) is 39.3 Å². The summed E-state index contributed by atoms with van der Waals surface area (Å²) >= 11 is 0. The first-order valence-corrected chi connectivity index (χ1v) is 6.63. The summed E-state index contributed by atoms with van der Waals surface area (Å²) < 4.78 is 4.90. The van der Waals surface area contributed by atoms with Crippen LogP contribution in [0, 0.1) is 5.41 Å². The van der Waals surface area contributed by atoms with Gasteiger partial charge in [-0.15, -0.1) is 0 Å². The molecule has 1 saturated carbocycles. The zero-order valence-corrected chi connectivity index (χ0v) is 11.2. The van der Waals surface area contributed by atoms with Crippen molar-refractivity contribution in [1.29, 1.82) is 0 Å². The lowest BCUT2D eigenvalue weighted by molar-refractivity contribution is -0.120. The van der Waals surface area contributed by atoms with Crippen molar-refractivity contribution < 1.29 is 9.53 Å². The van der Waals surface area contributed by atoms with Crippen LogP contribution in [0.15, 0.2) is 0 Å². The maximum atomic E-state index is 11.6. The molecule has 1 amide bonds. The topological polar surface area (TPSA) is 50.4 Å². The number of rotatable bonds is 7. The Morgan fingerprint density at radius 1 is 1.29 bits per heavy atom. The van der Waals surface area contributed by atoms with Crippen LogP contribution in [0.1, 0.15) is 39.0 Å². The quantitative estimate of drug-likeness (QED) is 0.662. The second-order valence-electron chi connectivity index (χ2n) is 5.32. The molecule has 0 radical (unpaired) electrons. The van der Waals surface area contributed by atoms with E-state index in [1.165, 1.54) is 32.1 Å². The fourth-order valence-electron chi connectivity index (χ4n) is 2.33. The molecule has 1 rings (SSSR count). The Kier molecular flexibility index (Phi) is 6.52. The van der Waals surface area contributed by atoms with Crippen LogP contribution in [0.5, 0.6) is 0 Å². The van der Waals surface area contributed by atoms with Gasteiger partial charge in [-0.2, -0.15) is 0 Å². The van der Waals surface area contributed by atoms with Gasteiger partial charge in [0, 0.05) is 20.2 Å².